The van der Waals surface area contributed by atoms with Crippen LogP contribution in [-0.2, 0) is 9.47 Å². The Hall–Kier alpha value is -1.46. The molecule has 0 aliphatic carbocycles. The van der Waals surface area contributed by atoms with E-state index in [1.165, 1.54) is 0 Å². The highest BCUT2D eigenvalue weighted by Gasteiger charge is 2.32. The molecule has 0 aromatic heterocycles. The summed E-state index contributed by atoms with van der Waals surface area (Å²) in [5.41, 5.74) is -0.559. The van der Waals surface area contributed by atoms with Gasteiger partial charge in [-0.25, -0.2) is 9.59 Å². The minimum Gasteiger partial charge on any atom is -0.444 e. The minimum absolute atomic E-state index is 0.398. The number of alkyl carbamates (subject to hydrolysis) is 2. The van der Waals surface area contributed by atoms with Gasteiger partial charge in [0.1, 0.15) is 17.9 Å². The van der Waals surface area contributed by atoms with Crippen LogP contribution in [0.3, 0.4) is 0 Å². The molecule has 1 aliphatic heterocycles. The fourth-order valence-electron chi connectivity index (χ4n) is 1.10. The fraction of sp³-hybridized carbons (Fsp3) is 0.778. The zero-order chi connectivity index (χ0) is 11.6. The Kier molecular flexibility index (Phi) is 3.06. The molecule has 2 N–H and O–H groups in total. The maximum Gasteiger partial charge on any atom is 0.409 e. The normalized spacial score (nSPS) is 25.5. The Balaban J connectivity index is 2.42. The third kappa shape index (κ3) is 3.65. The lowest BCUT2D eigenvalue weighted by Crippen LogP contribution is -2.48. The lowest BCUT2D eigenvalue weighted by Gasteiger charge is -2.22. The lowest BCUT2D eigenvalue weighted by atomic mass is 10.2. The van der Waals surface area contributed by atoms with Gasteiger partial charge in [0, 0.05) is 0 Å². The van der Waals surface area contributed by atoms with Crippen LogP contribution in [-0.4, -0.2) is 30.1 Å². The van der Waals surface area contributed by atoms with Crippen molar-refractivity contribution >= 4 is 12.2 Å². The number of amides is 2. The smallest absolute Gasteiger partial charge is 0.409 e. The zero-order valence-electron chi connectivity index (χ0n) is 9.29. The number of hydrogen-bond acceptors (Lipinski definition) is 4. The van der Waals surface area contributed by atoms with Gasteiger partial charge in [-0.2, -0.15) is 0 Å². The number of rotatable bonds is 1. The summed E-state index contributed by atoms with van der Waals surface area (Å²) in [7, 11) is 0. The van der Waals surface area contributed by atoms with Gasteiger partial charge in [0.25, 0.3) is 0 Å². The Morgan fingerprint density at radius 1 is 1.53 bits per heavy atom. The second kappa shape index (κ2) is 3.96. The molecule has 1 fully saturated rings. The van der Waals surface area contributed by atoms with E-state index in [1.54, 1.807) is 27.7 Å². The predicted molar refractivity (Wildman–Crippen MR) is 52.2 cm³/mol. The monoisotopic (exact) mass is 216 g/mol. The quantitative estimate of drug-likeness (QED) is 0.684. The number of ether oxygens (including phenoxy) is 2. The van der Waals surface area contributed by atoms with E-state index < -0.39 is 30.1 Å². The first-order valence-electron chi connectivity index (χ1n) is 4.74. The van der Waals surface area contributed by atoms with E-state index in [-0.39, 0.29) is 0 Å². The van der Waals surface area contributed by atoms with Gasteiger partial charge in [0.15, 0.2) is 0 Å². The van der Waals surface area contributed by atoms with Gasteiger partial charge in [0.2, 0.25) is 0 Å². The molecule has 0 aromatic rings. The summed E-state index contributed by atoms with van der Waals surface area (Å²) < 4.78 is 9.81. The second-order valence-electron chi connectivity index (χ2n) is 4.38. The first-order chi connectivity index (χ1) is 6.78. The molecule has 0 saturated carbocycles. The van der Waals surface area contributed by atoms with Gasteiger partial charge in [-0.3, -0.25) is 10.6 Å². The highest BCUT2D eigenvalue weighted by Crippen LogP contribution is 2.09. The van der Waals surface area contributed by atoms with Gasteiger partial charge in [-0.15, -0.1) is 0 Å². The average Bonchev–Trinajstić information content (AvgIpc) is 2.25. The molecule has 0 aromatic carbocycles. The Labute approximate surface area is 88.3 Å². The second-order valence-corrected chi connectivity index (χ2v) is 4.38. The third-order valence-corrected chi connectivity index (χ3v) is 1.71. The fourth-order valence-corrected chi connectivity index (χ4v) is 1.10. The number of cyclic esters (lactones) is 1. The summed E-state index contributed by atoms with van der Waals surface area (Å²) in [6.45, 7) is 6.97. The van der Waals surface area contributed by atoms with Crippen molar-refractivity contribution in [2.45, 2.75) is 45.6 Å². The van der Waals surface area contributed by atoms with Crippen molar-refractivity contribution in [3.05, 3.63) is 0 Å². The lowest BCUT2D eigenvalue weighted by molar-refractivity contribution is 0.0469. The molecular weight excluding hydrogens is 200 g/mol. The summed E-state index contributed by atoms with van der Waals surface area (Å²) >= 11 is 0. The van der Waals surface area contributed by atoms with Crippen molar-refractivity contribution in [1.29, 1.82) is 0 Å². The minimum atomic E-state index is -0.579. The molecule has 0 bridgehead atoms. The molecule has 15 heavy (non-hydrogen) atoms. The number of nitrogens with one attached hydrogen (secondary N) is 2. The van der Waals surface area contributed by atoms with Crippen LogP contribution in [0.1, 0.15) is 27.7 Å². The van der Waals surface area contributed by atoms with Crippen molar-refractivity contribution in [2.75, 3.05) is 0 Å². The first kappa shape index (κ1) is 11.6. The largest absolute Gasteiger partial charge is 0.444 e. The van der Waals surface area contributed by atoms with Crippen LogP contribution in [0.2, 0.25) is 0 Å². The van der Waals surface area contributed by atoms with Gasteiger partial charge in [0.05, 0.1) is 0 Å². The topological polar surface area (TPSA) is 76.7 Å². The van der Waals surface area contributed by atoms with Crippen LogP contribution in [0.5, 0.6) is 0 Å². The van der Waals surface area contributed by atoms with Crippen LogP contribution in [0.25, 0.3) is 0 Å². The molecule has 0 spiro atoms. The van der Waals surface area contributed by atoms with Crippen molar-refractivity contribution in [2.24, 2.45) is 0 Å². The van der Waals surface area contributed by atoms with Gasteiger partial charge in [-0.05, 0) is 27.7 Å². The summed E-state index contributed by atoms with van der Waals surface area (Å²) in [5, 5.41) is 4.94. The summed E-state index contributed by atoms with van der Waals surface area (Å²) in [6, 6.07) is 0. The molecule has 86 valence electrons. The highest BCUT2D eigenvalue weighted by atomic mass is 16.6. The Morgan fingerprint density at radius 3 is 2.53 bits per heavy atom. The van der Waals surface area contributed by atoms with E-state index in [0.717, 1.165) is 0 Å². The Bertz CT molecular complexity index is 272. The standard InChI is InChI=1S/C9H16N2O4/c1-5-6(10-7(12)14-5)11-8(13)15-9(2,3)4/h5-6H,1-4H3,(H,10,12)(H,11,13)/t5?,6-/m0/s1. The van der Waals surface area contributed by atoms with E-state index in [4.69, 9.17) is 9.47 Å². The maximum atomic E-state index is 11.3. The zero-order valence-corrected chi connectivity index (χ0v) is 9.29. The number of carbonyl (C=O) groups excluding carboxylic acids is 2. The van der Waals surface area contributed by atoms with Gasteiger partial charge >= 0.3 is 12.2 Å². The van der Waals surface area contributed by atoms with Crippen LogP contribution in [0.15, 0.2) is 0 Å². The highest BCUT2D eigenvalue weighted by molar-refractivity contribution is 5.73. The van der Waals surface area contributed by atoms with E-state index in [9.17, 15) is 9.59 Å². The molecular formula is C9H16N2O4. The third-order valence-electron chi connectivity index (χ3n) is 1.71. The molecule has 1 heterocycles. The number of hydrogen-bond donors (Lipinski definition) is 2. The van der Waals surface area contributed by atoms with Crippen LogP contribution >= 0.6 is 0 Å². The molecule has 0 radical (unpaired) electrons. The van der Waals surface area contributed by atoms with Crippen molar-refractivity contribution in [1.82, 2.24) is 10.6 Å². The molecule has 2 amide bonds. The molecule has 1 unspecified atom stereocenters. The average molecular weight is 216 g/mol. The van der Waals surface area contributed by atoms with Crippen molar-refractivity contribution in [3.8, 4) is 0 Å². The summed E-state index contributed by atoms with van der Waals surface area (Å²) in [5.74, 6) is 0. The number of carbonyl (C=O) groups is 2. The summed E-state index contributed by atoms with van der Waals surface area (Å²) in [6.07, 6.45) is -2.05. The molecule has 1 saturated heterocycles. The van der Waals surface area contributed by atoms with Gasteiger partial charge in [-0.1, -0.05) is 0 Å². The van der Waals surface area contributed by atoms with E-state index in [1.807, 2.05) is 0 Å². The molecule has 1 rings (SSSR count). The van der Waals surface area contributed by atoms with E-state index in [0.29, 0.717) is 0 Å². The van der Waals surface area contributed by atoms with Crippen LogP contribution in [0.4, 0.5) is 9.59 Å². The first-order valence-corrected chi connectivity index (χ1v) is 4.74. The van der Waals surface area contributed by atoms with E-state index >= 15 is 0 Å². The SMILES string of the molecule is CC1OC(=O)N[C@H]1NC(=O)OC(C)(C)C. The van der Waals surface area contributed by atoms with Crippen LogP contribution < -0.4 is 10.6 Å². The maximum absolute atomic E-state index is 11.3. The van der Waals surface area contributed by atoms with Crippen molar-refractivity contribution in [3.63, 3.8) is 0 Å². The summed E-state index contributed by atoms with van der Waals surface area (Å²) in [4.78, 5) is 22.1. The Morgan fingerprint density at radius 2 is 2.13 bits per heavy atom. The van der Waals surface area contributed by atoms with Crippen LogP contribution in [0, 0.1) is 0 Å². The molecule has 6 heteroatoms. The van der Waals surface area contributed by atoms with Crippen molar-refractivity contribution < 1.29 is 19.1 Å². The molecule has 2 atom stereocenters. The molecule has 1 aliphatic rings. The molecule has 6 nitrogen and oxygen atoms in total. The van der Waals surface area contributed by atoms with E-state index in [2.05, 4.69) is 10.6 Å². The van der Waals surface area contributed by atoms with Gasteiger partial charge < -0.3 is 9.47 Å². The predicted octanol–water partition coefficient (Wildman–Crippen LogP) is 0.965.